The lowest BCUT2D eigenvalue weighted by atomic mass is 9.71. The maximum Gasteiger partial charge on any atom is 0.118 e. The van der Waals surface area contributed by atoms with E-state index in [0.29, 0.717) is 0 Å². The summed E-state index contributed by atoms with van der Waals surface area (Å²) < 4.78 is 0. The van der Waals surface area contributed by atoms with Crippen LogP contribution >= 0.6 is 0 Å². The molecule has 3 nitrogen and oxygen atoms in total. The predicted octanol–water partition coefficient (Wildman–Crippen LogP) is 5.49. The second kappa shape index (κ2) is 7.96. The molecule has 0 aliphatic heterocycles. The van der Waals surface area contributed by atoms with Crippen molar-refractivity contribution in [3.63, 3.8) is 0 Å². The van der Waals surface area contributed by atoms with Crippen LogP contribution in [0.15, 0.2) is 66.7 Å². The van der Waals surface area contributed by atoms with E-state index in [-0.39, 0.29) is 17.2 Å². The smallest absolute Gasteiger partial charge is 0.118 e. The van der Waals surface area contributed by atoms with Gasteiger partial charge < -0.3 is 15.3 Å². The van der Waals surface area contributed by atoms with E-state index in [9.17, 15) is 15.3 Å². The van der Waals surface area contributed by atoms with Crippen molar-refractivity contribution in [2.24, 2.45) is 0 Å². The quantitative estimate of drug-likeness (QED) is 0.547. The van der Waals surface area contributed by atoms with E-state index in [1.807, 2.05) is 57.2 Å². The van der Waals surface area contributed by atoms with Crippen LogP contribution < -0.4 is 0 Å². The van der Waals surface area contributed by atoms with Crippen LogP contribution in [-0.2, 0) is 5.41 Å². The van der Waals surface area contributed by atoms with Gasteiger partial charge in [0, 0.05) is 5.41 Å². The molecule has 0 amide bonds. The molecule has 3 aromatic carbocycles. The van der Waals surface area contributed by atoms with Crippen molar-refractivity contribution in [2.75, 3.05) is 0 Å². The fourth-order valence-corrected chi connectivity index (χ4v) is 3.06. The zero-order valence-corrected chi connectivity index (χ0v) is 15.7. The van der Waals surface area contributed by atoms with Crippen molar-refractivity contribution in [2.45, 2.75) is 33.1 Å². The molecule has 3 N–H and O–H groups in total. The Morgan fingerprint density at radius 2 is 1.00 bits per heavy atom. The van der Waals surface area contributed by atoms with Crippen molar-refractivity contribution >= 4 is 0 Å². The Balaban J connectivity index is 0.00000117. The van der Waals surface area contributed by atoms with Gasteiger partial charge in [0.2, 0.25) is 0 Å². The Kier molecular flexibility index (Phi) is 5.93. The van der Waals surface area contributed by atoms with E-state index in [4.69, 9.17) is 0 Å². The number of hydrogen-bond acceptors (Lipinski definition) is 3. The third-order valence-electron chi connectivity index (χ3n) is 4.66. The average Bonchev–Trinajstić information content (AvgIpc) is 2.66. The van der Waals surface area contributed by atoms with Gasteiger partial charge in [0.05, 0.1) is 0 Å². The van der Waals surface area contributed by atoms with Crippen molar-refractivity contribution in [1.29, 1.82) is 0 Å². The molecule has 0 saturated heterocycles. The standard InChI is InChI=1S/C21H20O3.C2H6/c1-14-13-17(7-12-20(14)24)21(2,15-3-8-18(22)9-4-15)16-5-10-19(23)11-6-16;1-2/h3-13,22-24H,1-2H3;1-2H3. The molecular formula is C23H26O3. The Labute approximate surface area is 155 Å². The number of phenols is 3. The minimum absolute atomic E-state index is 0.216. The summed E-state index contributed by atoms with van der Waals surface area (Å²) in [5.74, 6) is 0.694. The summed E-state index contributed by atoms with van der Waals surface area (Å²) in [7, 11) is 0. The van der Waals surface area contributed by atoms with Gasteiger partial charge in [0.1, 0.15) is 17.2 Å². The van der Waals surface area contributed by atoms with E-state index in [1.54, 1.807) is 30.3 Å². The molecular weight excluding hydrogens is 324 g/mol. The summed E-state index contributed by atoms with van der Waals surface area (Å²) >= 11 is 0. The van der Waals surface area contributed by atoms with Crippen LogP contribution in [0.25, 0.3) is 0 Å². The number of phenolic OH excluding ortho intramolecular Hbond substituents is 3. The fraction of sp³-hybridized carbons (Fsp3) is 0.217. The first-order valence-corrected chi connectivity index (χ1v) is 8.80. The largest absolute Gasteiger partial charge is 0.508 e. The van der Waals surface area contributed by atoms with Gasteiger partial charge in [-0.25, -0.2) is 0 Å². The molecule has 0 fully saturated rings. The highest BCUT2D eigenvalue weighted by molar-refractivity contribution is 5.53. The minimum Gasteiger partial charge on any atom is -0.508 e. The first-order valence-electron chi connectivity index (χ1n) is 8.80. The number of hydrogen-bond donors (Lipinski definition) is 3. The van der Waals surface area contributed by atoms with Crippen LogP contribution in [-0.4, -0.2) is 15.3 Å². The average molecular weight is 350 g/mol. The normalized spacial score (nSPS) is 10.8. The molecule has 3 rings (SSSR count). The summed E-state index contributed by atoms with van der Waals surface area (Å²) in [6, 6.07) is 19.8. The van der Waals surface area contributed by atoms with Gasteiger partial charge in [-0.05, 0) is 66.4 Å². The van der Waals surface area contributed by atoms with Gasteiger partial charge in [-0.15, -0.1) is 0 Å². The van der Waals surface area contributed by atoms with E-state index in [1.165, 1.54) is 0 Å². The molecule has 0 aliphatic carbocycles. The number of aryl methyl sites for hydroxylation is 1. The molecule has 0 aromatic heterocycles. The monoisotopic (exact) mass is 350 g/mol. The molecule has 0 heterocycles. The Morgan fingerprint density at radius 3 is 1.38 bits per heavy atom. The highest BCUT2D eigenvalue weighted by Crippen LogP contribution is 2.40. The molecule has 0 radical (unpaired) electrons. The SMILES string of the molecule is CC.Cc1cc(C(C)(c2ccc(O)cc2)c2ccc(O)cc2)ccc1O. The zero-order chi connectivity index (χ0) is 19.3. The highest BCUT2D eigenvalue weighted by Gasteiger charge is 2.31. The van der Waals surface area contributed by atoms with Gasteiger partial charge in [-0.1, -0.05) is 50.2 Å². The molecule has 0 atom stereocenters. The molecule has 136 valence electrons. The van der Waals surface area contributed by atoms with Gasteiger partial charge in [0.25, 0.3) is 0 Å². The van der Waals surface area contributed by atoms with Crippen LogP contribution in [0.5, 0.6) is 17.2 Å². The first-order chi connectivity index (χ1) is 12.4. The lowest BCUT2D eigenvalue weighted by Crippen LogP contribution is -2.25. The molecule has 3 heteroatoms. The topological polar surface area (TPSA) is 60.7 Å². The van der Waals surface area contributed by atoms with Crippen molar-refractivity contribution in [1.82, 2.24) is 0 Å². The van der Waals surface area contributed by atoms with Crippen LogP contribution in [0.2, 0.25) is 0 Å². The summed E-state index contributed by atoms with van der Waals surface area (Å²) in [5.41, 5.74) is 3.36. The van der Waals surface area contributed by atoms with E-state index in [0.717, 1.165) is 22.3 Å². The van der Waals surface area contributed by atoms with Crippen LogP contribution in [0.3, 0.4) is 0 Å². The summed E-state index contributed by atoms with van der Waals surface area (Å²) in [4.78, 5) is 0. The third-order valence-corrected chi connectivity index (χ3v) is 4.66. The second-order valence-corrected chi connectivity index (χ2v) is 6.22. The summed E-state index contributed by atoms with van der Waals surface area (Å²) in [6.45, 7) is 7.96. The number of rotatable bonds is 3. The second-order valence-electron chi connectivity index (χ2n) is 6.22. The third kappa shape index (κ3) is 3.67. The zero-order valence-electron chi connectivity index (χ0n) is 15.7. The van der Waals surface area contributed by atoms with Crippen LogP contribution in [0.1, 0.15) is 43.0 Å². The molecule has 0 bridgehead atoms. The van der Waals surface area contributed by atoms with Gasteiger partial charge in [0.15, 0.2) is 0 Å². The van der Waals surface area contributed by atoms with Crippen LogP contribution in [0.4, 0.5) is 0 Å². The van der Waals surface area contributed by atoms with Crippen molar-refractivity contribution in [3.05, 3.63) is 89.0 Å². The highest BCUT2D eigenvalue weighted by atomic mass is 16.3. The molecule has 0 saturated carbocycles. The van der Waals surface area contributed by atoms with Gasteiger partial charge in [-0.3, -0.25) is 0 Å². The Bertz CT molecular complexity index is 804. The first kappa shape index (κ1) is 19.4. The summed E-state index contributed by atoms with van der Waals surface area (Å²) in [5, 5.41) is 29.1. The molecule has 26 heavy (non-hydrogen) atoms. The molecule has 0 aliphatic rings. The number of benzene rings is 3. The Morgan fingerprint density at radius 1 is 0.615 bits per heavy atom. The predicted molar refractivity (Wildman–Crippen MR) is 106 cm³/mol. The maximum atomic E-state index is 9.86. The van der Waals surface area contributed by atoms with E-state index >= 15 is 0 Å². The number of aromatic hydroxyl groups is 3. The van der Waals surface area contributed by atoms with Crippen molar-refractivity contribution in [3.8, 4) is 17.2 Å². The molecule has 0 spiro atoms. The molecule has 3 aromatic rings. The summed E-state index contributed by atoms with van der Waals surface area (Å²) in [6.07, 6.45) is 0. The van der Waals surface area contributed by atoms with Gasteiger partial charge in [-0.2, -0.15) is 0 Å². The van der Waals surface area contributed by atoms with Gasteiger partial charge >= 0.3 is 0 Å². The molecule has 0 unspecified atom stereocenters. The fourth-order valence-electron chi connectivity index (χ4n) is 3.06. The maximum absolute atomic E-state index is 9.86. The van der Waals surface area contributed by atoms with Crippen LogP contribution in [0, 0.1) is 6.92 Å². The Hall–Kier alpha value is -2.94. The minimum atomic E-state index is -0.486. The van der Waals surface area contributed by atoms with Crippen molar-refractivity contribution < 1.29 is 15.3 Å². The lowest BCUT2D eigenvalue weighted by molar-refractivity contribution is 0.470. The van der Waals surface area contributed by atoms with E-state index in [2.05, 4.69) is 6.92 Å². The van der Waals surface area contributed by atoms with E-state index < -0.39 is 5.41 Å². The lowest BCUT2D eigenvalue weighted by Gasteiger charge is -2.32.